The summed E-state index contributed by atoms with van der Waals surface area (Å²) in [6.45, 7) is 6.22. The van der Waals surface area contributed by atoms with E-state index in [1.54, 1.807) is 0 Å². The Morgan fingerprint density at radius 1 is 1.33 bits per heavy atom. The number of hydrogen-bond acceptors (Lipinski definition) is 1. The SMILES string of the molecule is C[CH]N1Cc2ccc(Cl)cc2C1. The zero-order valence-corrected chi connectivity index (χ0v) is 7.80. The molecule has 0 saturated heterocycles. The average molecular weight is 181 g/mol. The highest BCUT2D eigenvalue weighted by atomic mass is 35.5. The van der Waals surface area contributed by atoms with Gasteiger partial charge in [-0.25, -0.2) is 0 Å². The summed E-state index contributed by atoms with van der Waals surface area (Å²) in [5.41, 5.74) is 2.76. The molecule has 0 bridgehead atoms. The van der Waals surface area contributed by atoms with Crippen LogP contribution in [0.3, 0.4) is 0 Å². The van der Waals surface area contributed by atoms with Crippen molar-refractivity contribution < 1.29 is 0 Å². The molecule has 1 heterocycles. The van der Waals surface area contributed by atoms with Gasteiger partial charge in [0.1, 0.15) is 0 Å². The predicted octanol–water partition coefficient (Wildman–Crippen LogP) is 2.84. The van der Waals surface area contributed by atoms with Gasteiger partial charge in [-0.05, 0) is 30.2 Å². The van der Waals surface area contributed by atoms with E-state index in [9.17, 15) is 0 Å². The number of fused-ring (bicyclic) bond motifs is 1. The molecule has 0 aromatic heterocycles. The van der Waals surface area contributed by atoms with Gasteiger partial charge in [0, 0.05) is 24.7 Å². The number of nitrogens with zero attached hydrogens (tertiary/aromatic N) is 1. The van der Waals surface area contributed by atoms with Gasteiger partial charge in [-0.2, -0.15) is 0 Å². The van der Waals surface area contributed by atoms with E-state index >= 15 is 0 Å². The van der Waals surface area contributed by atoms with Crippen LogP contribution in [0.15, 0.2) is 18.2 Å². The molecule has 0 N–H and O–H groups in total. The van der Waals surface area contributed by atoms with Crippen molar-refractivity contribution in [2.45, 2.75) is 20.0 Å². The molecule has 1 aromatic carbocycles. The van der Waals surface area contributed by atoms with Crippen molar-refractivity contribution in [3.8, 4) is 0 Å². The molecule has 2 heteroatoms. The lowest BCUT2D eigenvalue weighted by Crippen LogP contribution is -2.09. The van der Waals surface area contributed by atoms with E-state index in [-0.39, 0.29) is 0 Å². The Hall–Kier alpha value is -0.530. The van der Waals surface area contributed by atoms with Crippen LogP contribution >= 0.6 is 11.6 Å². The molecule has 1 nitrogen and oxygen atoms in total. The van der Waals surface area contributed by atoms with Crippen molar-refractivity contribution in [3.05, 3.63) is 40.9 Å². The first kappa shape index (κ1) is 8.09. The van der Waals surface area contributed by atoms with Gasteiger partial charge in [-0.1, -0.05) is 17.7 Å². The van der Waals surface area contributed by atoms with Crippen LogP contribution in [0.4, 0.5) is 0 Å². The molecule has 0 saturated carbocycles. The molecule has 1 aliphatic heterocycles. The van der Waals surface area contributed by atoms with Gasteiger partial charge >= 0.3 is 0 Å². The Bertz CT molecular complexity index is 296. The number of hydrogen-bond donors (Lipinski definition) is 0. The van der Waals surface area contributed by atoms with E-state index in [4.69, 9.17) is 11.6 Å². The normalized spacial score (nSPS) is 16.5. The van der Waals surface area contributed by atoms with Crippen LogP contribution in [0.1, 0.15) is 18.1 Å². The first-order chi connectivity index (χ1) is 5.79. The van der Waals surface area contributed by atoms with Crippen molar-refractivity contribution in [3.63, 3.8) is 0 Å². The Morgan fingerprint density at radius 2 is 2.08 bits per heavy atom. The molecule has 0 unspecified atom stereocenters. The summed E-state index contributed by atoms with van der Waals surface area (Å²) in [4.78, 5) is 2.28. The third-order valence-electron chi connectivity index (χ3n) is 2.28. The minimum absolute atomic E-state index is 0.840. The minimum atomic E-state index is 0.840. The van der Waals surface area contributed by atoms with Gasteiger partial charge in [0.05, 0.1) is 0 Å². The summed E-state index contributed by atoms with van der Waals surface area (Å²) in [7, 11) is 0. The Balaban J connectivity index is 2.30. The number of rotatable bonds is 1. The maximum absolute atomic E-state index is 5.89. The smallest absolute Gasteiger partial charge is 0.0409 e. The van der Waals surface area contributed by atoms with Crippen molar-refractivity contribution >= 4 is 11.6 Å². The first-order valence-corrected chi connectivity index (χ1v) is 4.48. The largest absolute Gasteiger partial charge is 0.291 e. The highest BCUT2D eigenvalue weighted by Gasteiger charge is 2.16. The topological polar surface area (TPSA) is 3.24 Å². The molecule has 0 amide bonds. The molecule has 63 valence electrons. The molecule has 0 spiro atoms. The third-order valence-corrected chi connectivity index (χ3v) is 2.52. The lowest BCUT2D eigenvalue weighted by molar-refractivity contribution is 0.355. The highest BCUT2D eigenvalue weighted by molar-refractivity contribution is 6.30. The molecule has 12 heavy (non-hydrogen) atoms. The molecule has 1 aromatic rings. The highest BCUT2D eigenvalue weighted by Crippen LogP contribution is 2.25. The predicted molar refractivity (Wildman–Crippen MR) is 50.7 cm³/mol. The van der Waals surface area contributed by atoms with Crippen LogP contribution in [0, 0.1) is 6.54 Å². The second kappa shape index (κ2) is 3.08. The van der Waals surface area contributed by atoms with Crippen LogP contribution in [0.5, 0.6) is 0 Å². The molecule has 1 radical (unpaired) electrons. The lowest BCUT2D eigenvalue weighted by Gasteiger charge is -2.08. The van der Waals surface area contributed by atoms with E-state index in [2.05, 4.69) is 30.5 Å². The van der Waals surface area contributed by atoms with E-state index in [1.807, 2.05) is 6.07 Å². The fraction of sp³-hybridized carbons (Fsp3) is 0.300. The molecule has 0 fully saturated rings. The van der Waals surface area contributed by atoms with Gasteiger partial charge in [-0.15, -0.1) is 0 Å². The Kier molecular flexibility index (Phi) is 2.07. The van der Waals surface area contributed by atoms with Crippen molar-refractivity contribution in [2.75, 3.05) is 0 Å². The molecule has 0 atom stereocenters. The summed E-state index contributed by atoms with van der Waals surface area (Å²) < 4.78 is 0. The lowest BCUT2D eigenvalue weighted by atomic mass is 10.1. The van der Waals surface area contributed by atoms with Crippen molar-refractivity contribution in [2.24, 2.45) is 0 Å². The standard InChI is InChI=1S/C10H11ClN/c1-2-12-6-8-3-4-10(11)5-9(8)7-12/h2-5H,6-7H2,1H3. The van der Waals surface area contributed by atoms with Gasteiger partial charge in [0.15, 0.2) is 0 Å². The van der Waals surface area contributed by atoms with E-state index in [1.165, 1.54) is 11.1 Å². The monoisotopic (exact) mass is 180 g/mol. The van der Waals surface area contributed by atoms with Crippen molar-refractivity contribution in [1.29, 1.82) is 0 Å². The zero-order valence-electron chi connectivity index (χ0n) is 7.05. The molecule has 1 aliphatic rings. The number of benzene rings is 1. The second-order valence-corrected chi connectivity index (χ2v) is 3.51. The van der Waals surface area contributed by atoms with Gasteiger partial charge in [-0.3, -0.25) is 4.90 Å². The average Bonchev–Trinajstić information content (AvgIpc) is 2.46. The summed E-state index contributed by atoms with van der Waals surface area (Å²) in [6, 6.07) is 6.13. The van der Waals surface area contributed by atoms with Crippen molar-refractivity contribution in [1.82, 2.24) is 4.90 Å². The molecular formula is C10H11ClN. The summed E-state index contributed by atoms with van der Waals surface area (Å²) in [6.07, 6.45) is 0. The Morgan fingerprint density at radius 3 is 2.83 bits per heavy atom. The Labute approximate surface area is 77.9 Å². The quantitative estimate of drug-likeness (QED) is 0.643. The fourth-order valence-corrected chi connectivity index (χ4v) is 1.77. The zero-order chi connectivity index (χ0) is 8.55. The van der Waals surface area contributed by atoms with Gasteiger partial charge in [0.25, 0.3) is 0 Å². The second-order valence-electron chi connectivity index (χ2n) is 3.08. The van der Waals surface area contributed by atoms with Crippen LogP contribution in [0.2, 0.25) is 5.02 Å². The third kappa shape index (κ3) is 1.35. The molecule has 2 rings (SSSR count). The van der Waals surface area contributed by atoms with Crippen LogP contribution < -0.4 is 0 Å². The van der Waals surface area contributed by atoms with Crippen LogP contribution in [-0.2, 0) is 13.1 Å². The van der Waals surface area contributed by atoms with Gasteiger partial charge < -0.3 is 0 Å². The van der Waals surface area contributed by atoms with E-state index in [0.29, 0.717) is 0 Å². The van der Waals surface area contributed by atoms with Crippen LogP contribution in [0.25, 0.3) is 0 Å². The minimum Gasteiger partial charge on any atom is -0.291 e. The first-order valence-electron chi connectivity index (χ1n) is 4.10. The summed E-state index contributed by atoms with van der Waals surface area (Å²) >= 11 is 5.89. The fourth-order valence-electron chi connectivity index (χ4n) is 1.57. The van der Waals surface area contributed by atoms with E-state index in [0.717, 1.165) is 18.1 Å². The maximum atomic E-state index is 5.89. The summed E-state index contributed by atoms with van der Waals surface area (Å²) in [5, 5.41) is 0.840. The summed E-state index contributed by atoms with van der Waals surface area (Å²) in [5.74, 6) is 0. The molecule has 0 aliphatic carbocycles. The maximum Gasteiger partial charge on any atom is 0.0409 e. The van der Waals surface area contributed by atoms with E-state index < -0.39 is 0 Å². The van der Waals surface area contributed by atoms with Gasteiger partial charge in [0.2, 0.25) is 0 Å². The molecular weight excluding hydrogens is 170 g/mol. The van der Waals surface area contributed by atoms with Crippen LogP contribution in [-0.4, -0.2) is 4.90 Å². The number of halogens is 1.